The zero-order valence-corrected chi connectivity index (χ0v) is 16.3. The topological polar surface area (TPSA) is 46.4 Å². The van der Waals surface area contributed by atoms with Gasteiger partial charge in [0.05, 0.1) is 16.2 Å². The maximum atomic E-state index is 11.3. The van der Waals surface area contributed by atoms with Crippen LogP contribution in [0.4, 0.5) is 22.7 Å². The molecule has 4 aromatic rings. The fourth-order valence-corrected chi connectivity index (χ4v) is 3.39. The number of nitro benzene ring substituents is 1. The van der Waals surface area contributed by atoms with Crippen molar-refractivity contribution in [1.29, 1.82) is 0 Å². The van der Waals surface area contributed by atoms with E-state index in [9.17, 15) is 10.1 Å². The lowest BCUT2D eigenvalue weighted by Gasteiger charge is -2.27. The Kier molecular flexibility index (Phi) is 5.67. The third-order valence-electron chi connectivity index (χ3n) is 4.78. The average Bonchev–Trinajstić information content (AvgIpc) is 2.80. The Morgan fingerprint density at radius 3 is 1.67 bits per heavy atom. The molecular formula is C26H20N2O2. The second-order valence-electron chi connectivity index (χ2n) is 6.71. The van der Waals surface area contributed by atoms with Crippen LogP contribution in [0.3, 0.4) is 0 Å². The SMILES string of the molecule is O=[N+]([O-])c1ccccc1C=Cc1ccccc1N(c1ccccc1)c1ccccc1. The summed E-state index contributed by atoms with van der Waals surface area (Å²) in [5, 5.41) is 11.3. The van der Waals surface area contributed by atoms with Crippen LogP contribution in [0.25, 0.3) is 12.2 Å². The maximum absolute atomic E-state index is 11.3. The molecule has 0 saturated carbocycles. The number of nitrogens with zero attached hydrogens (tertiary/aromatic N) is 2. The molecule has 146 valence electrons. The first kappa shape index (κ1) is 19.2. The van der Waals surface area contributed by atoms with Crippen molar-refractivity contribution in [2.45, 2.75) is 0 Å². The van der Waals surface area contributed by atoms with E-state index in [1.54, 1.807) is 24.3 Å². The largest absolute Gasteiger partial charge is 0.310 e. The molecule has 4 aromatic carbocycles. The van der Waals surface area contributed by atoms with Crippen LogP contribution in [0, 0.1) is 10.1 Å². The van der Waals surface area contributed by atoms with Gasteiger partial charge in [0, 0.05) is 17.4 Å². The van der Waals surface area contributed by atoms with Gasteiger partial charge in [0.15, 0.2) is 0 Å². The van der Waals surface area contributed by atoms with Crippen LogP contribution in [0.2, 0.25) is 0 Å². The van der Waals surface area contributed by atoms with Gasteiger partial charge >= 0.3 is 0 Å². The van der Waals surface area contributed by atoms with Gasteiger partial charge in [-0.2, -0.15) is 0 Å². The predicted molar refractivity (Wildman–Crippen MR) is 123 cm³/mol. The summed E-state index contributed by atoms with van der Waals surface area (Å²) in [7, 11) is 0. The van der Waals surface area contributed by atoms with E-state index in [4.69, 9.17) is 0 Å². The second-order valence-corrected chi connectivity index (χ2v) is 6.71. The second kappa shape index (κ2) is 8.88. The van der Waals surface area contributed by atoms with Gasteiger partial charge in [-0.3, -0.25) is 10.1 Å². The summed E-state index contributed by atoms with van der Waals surface area (Å²) in [5.41, 5.74) is 4.69. The first-order valence-electron chi connectivity index (χ1n) is 9.65. The number of nitro groups is 1. The lowest BCUT2D eigenvalue weighted by molar-refractivity contribution is -0.385. The highest BCUT2D eigenvalue weighted by molar-refractivity contribution is 5.86. The van der Waals surface area contributed by atoms with Gasteiger partial charge in [-0.15, -0.1) is 0 Å². The van der Waals surface area contributed by atoms with E-state index in [2.05, 4.69) is 35.2 Å². The van der Waals surface area contributed by atoms with Gasteiger partial charge in [0.2, 0.25) is 0 Å². The summed E-state index contributed by atoms with van der Waals surface area (Å²) >= 11 is 0. The molecule has 0 N–H and O–H groups in total. The minimum absolute atomic E-state index is 0.0919. The average molecular weight is 392 g/mol. The fourth-order valence-electron chi connectivity index (χ4n) is 3.39. The van der Waals surface area contributed by atoms with Crippen LogP contribution < -0.4 is 4.90 Å². The monoisotopic (exact) mass is 392 g/mol. The molecule has 0 fully saturated rings. The summed E-state index contributed by atoms with van der Waals surface area (Å²) < 4.78 is 0. The third-order valence-corrected chi connectivity index (χ3v) is 4.78. The quantitative estimate of drug-likeness (QED) is 0.197. The Balaban J connectivity index is 1.81. The standard InChI is InChI=1S/C26H20N2O2/c29-28(30)26-18-10-8-12-22(26)20-19-21-11-7-9-17-25(21)27(23-13-3-1-4-14-23)24-15-5-2-6-16-24/h1-20H. The van der Waals surface area contributed by atoms with E-state index in [-0.39, 0.29) is 10.6 Å². The fraction of sp³-hybridized carbons (Fsp3) is 0. The Labute approximate surface area is 175 Å². The highest BCUT2D eigenvalue weighted by atomic mass is 16.6. The molecule has 4 heteroatoms. The number of rotatable bonds is 6. The van der Waals surface area contributed by atoms with E-state index in [1.807, 2.05) is 60.7 Å². The number of hydrogen-bond donors (Lipinski definition) is 0. The van der Waals surface area contributed by atoms with Crippen molar-refractivity contribution in [2.24, 2.45) is 0 Å². The molecule has 0 aliphatic rings. The summed E-state index contributed by atoms with van der Waals surface area (Å²) in [4.78, 5) is 13.2. The first-order valence-corrected chi connectivity index (χ1v) is 9.65. The lowest BCUT2D eigenvalue weighted by atomic mass is 10.1. The molecule has 0 spiro atoms. The maximum Gasteiger partial charge on any atom is 0.276 e. The molecule has 0 aliphatic carbocycles. The van der Waals surface area contributed by atoms with Gasteiger partial charge in [0.1, 0.15) is 0 Å². The molecule has 0 aromatic heterocycles. The van der Waals surface area contributed by atoms with E-state index < -0.39 is 0 Å². The molecule has 0 bridgehead atoms. The highest BCUT2D eigenvalue weighted by Gasteiger charge is 2.15. The van der Waals surface area contributed by atoms with Gasteiger partial charge in [0.25, 0.3) is 5.69 Å². The van der Waals surface area contributed by atoms with Gasteiger partial charge in [-0.05, 0) is 48.0 Å². The lowest BCUT2D eigenvalue weighted by Crippen LogP contribution is -2.10. The van der Waals surface area contributed by atoms with Crippen LogP contribution >= 0.6 is 0 Å². The van der Waals surface area contributed by atoms with Crippen molar-refractivity contribution in [3.05, 3.63) is 130 Å². The molecule has 0 unspecified atom stereocenters. The minimum Gasteiger partial charge on any atom is -0.310 e. The molecule has 4 rings (SSSR count). The Morgan fingerprint density at radius 2 is 1.07 bits per heavy atom. The van der Waals surface area contributed by atoms with Crippen LogP contribution in [0.1, 0.15) is 11.1 Å². The first-order chi connectivity index (χ1) is 14.7. The number of hydrogen-bond acceptors (Lipinski definition) is 3. The van der Waals surface area contributed by atoms with E-state index in [1.165, 1.54) is 6.07 Å². The van der Waals surface area contributed by atoms with E-state index >= 15 is 0 Å². The van der Waals surface area contributed by atoms with E-state index in [0.29, 0.717) is 5.56 Å². The molecular weight excluding hydrogens is 372 g/mol. The van der Waals surface area contributed by atoms with Gasteiger partial charge in [-0.25, -0.2) is 0 Å². The van der Waals surface area contributed by atoms with Crippen LogP contribution in [0.15, 0.2) is 109 Å². The molecule has 0 radical (unpaired) electrons. The van der Waals surface area contributed by atoms with Crippen LogP contribution in [0.5, 0.6) is 0 Å². The van der Waals surface area contributed by atoms with Crippen molar-refractivity contribution >= 4 is 34.9 Å². The highest BCUT2D eigenvalue weighted by Crippen LogP contribution is 2.37. The van der Waals surface area contributed by atoms with Crippen molar-refractivity contribution in [3.8, 4) is 0 Å². The number of benzene rings is 4. The minimum atomic E-state index is -0.355. The summed E-state index contributed by atoms with van der Waals surface area (Å²) in [6.45, 7) is 0. The van der Waals surface area contributed by atoms with Gasteiger partial charge in [-0.1, -0.05) is 72.8 Å². The van der Waals surface area contributed by atoms with Crippen molar-refractivity contribution in [1.82, 2.24) is 0 Å². The van der Waals surface area contributed by atoms with Crippen LogP contribution in [-0.2, 0) is 0 Å². The van der Waals surface area contributed by atoms with Crippen molar-refractivity contribution in [3.63, 3.8) is 0 Å². The van der Waals surface area contributed by atoms with Crippen molar-refractivity contribution < 1.29 is 4.92 Å². The zero-order valence-electron chi connectivity index (χ0n) is 16.3. The summed E-state index contributed by atoms with van der Waals surface area (Å²) in [6.07, 6.45) is 3.72. The molecule has 0 saturated heterocycles. The van der Waals surface area contributed by atoms with Crippen LogP contribution in [-0.4, -0.2) is 4.92 Å². The Hall–Kier alpha value is -4.18. The molecule has 0 amide bonds. The normalized spacial score (nSPS) is 10.8. The molecule has 0 aliphatic heterocycles. The summed E-state index contributed by atoms with van der Waals surface area (Å²) in [5.74, 6) is 0. The Morgan fingerprint density at radius 1 is 0.600 bits per heavy atom. The predicted octanol–water partition coefficient (Wildman–Crippen LogP) is 7.24. The smallest absolute Gasteiger partial charge is 0.276 e. The Bertz CT molecular complexity index is 1130. The summed E-state index contributed by atoms with van der Waals surface area (Å²) in [6, 6.07) is 35.1. The number of para-hydroxylation sites is 4. The third kappa shape index (κ3) is 4.13. The van der Waals surface area contributed by atoms with E-state index in [0.717, 1.165) is 22.6 Å². The molecule has 4 nitrogen and oxygen atoms in total. The van der Waals surface area contributed by atoms with Crippen molar-refractivity contribution in [2.75, 3.05) is 4.90 Å². The number of anilines is 3. The molecule has 0 atom stereocenters. The van der Waals surface area contributed by atoms with Gasteiger partial charge < -0.3 is 4.90 Å². The zero-order chi connectivity index (χ0) is 20.8. The molecule has 0 heterocycles. The molecule has 30 heavy (non-hydrogen) atoms.